The van der Waals surface area contributed by atoms with Gasteiger partial charge in [-0.05, 0) is 29.7 Å². The quantitative estimate of drug-likeness (QED) is 0.498. The molecule has 0 radical (unpaired) electrons. The van der Waals surface area contributed by atoms with E-state index in [1.165, 1.54) is 25.6 Å². The molecular formula is C23H25N5O4. The average molecular weight is 435 g/mol. The maximum absolute atomic E-state index is 12.6. The lowest BCUT2D eigenvalue weighted by atomic mass is 10.0. The van der Waals surface area contributed by atoms with Crippen LogP contribution in [-0.4, -0.2) is 40.8 Å². The number of nitrogens with one attached hydrogen (secondary N) is 3. The molecule has 0 saturated carbocycles. The lowest BCUT2D eigenvalue weighted by Crippen LogP contribution is -2.48. The van der Waals surface area contributed by atoms with Crippen LogP contribution in [0.25, 0.3) is 11.3 Å². The van der Waals surface area contributed by atoms with E-state index >= 15 is 0 Å². The summed E-state index contributed by atoms with van der Waals surface area (Å²) in [6, 6.07) is 10.00. The minimum absolute atomic E-state index is 0.0814. The molecule has 9 nitrogen and oxygen atoms in total. The second-order valence-corrected chi connectivity index (χ2v) is 7.45. The Labute approximate surface area is 185 Å². The third-order valence-electron chi connectivity index (χ3n) is 4.77. The van der Waals surface area contributed by atoms with E-state index in [2.05, 4.69) is 25.9 Å². The fourth-order valence-corrected chi connectivity index (χ4v) is 3.04. The number of aromatic nitrogens is 2. The number of amides is 3. The molecule has 1 unspecified atom stereocenters. The molecule has 3 aromatic rings. The van der Waals surface area contributed by atoms with E-state index in [4.69, 9.17) is 4.42 Å². The van der Waals surface area contributed by atoms with Crippen LogP contribution in [0, 0.1) is 5.92 Å². The van der Waals surface area contributed by atoms with E-state index in [1.807, 2.05) is 38.1 Å². The van der Waals surface area contributed by atoms with Crippen molar-refractivity contribution in [2.75, 3.05) is 7.05 Å². The average Bonchev–Trinajstić information content (AvgIpc) is 3.31. The van der Waals surface area contributed by atoms with Crippen molar-refractivity contribution < 1.29 is 18.8 Å². The van der Waals surface area contributed by atoms with Crippen LogP contribution in [0.2, 0.25) is 0 Å². The molecule has 1 atom stereocenters. The summed E-state index contributed by atoms with van der Waals surface area (Å²) in [5, 5.41) is 8.05. The fourth-order valence-electron chi connectivity index (χ4n) is 3.04. The Hall–Kier alpha value is -4.01. The van der Waals surface area contributed by atoms with Gasteiger partial charge in [-0.3, -0.25) is 19.4 Å². The Morgan fingerprint density at radius 3 is 2.56 bits per heavy atom. The van der Waals surface area contributed by atoms with Crippen LogP contribution < -0.4 is 16.0 Å². The van der Waals surface area contributed by atoms with Gasteiger partial charge < -0.3 is 20.4 Å². The first-order chi connectivity index (χ1) is 15.4. The summed E-state index contributed by atoms with van der Waals surface area (Å²) < 4.78 is 5.73. The smallest absolute Gasteiger partial charge is 0.287 e. The molecule has 0 aliphatic rings. The summed E-state index contributed by atoms with van der Waals surface area (Å²) in [5.74, 6) is -0.533. The Balaban J connectivity index is 1.67. The third kappa shape index (κ3) is 5.57. The van der Waals surface area contributed by atoms with Gasteiger partial charge in [0, 0.05) is 31.5 Å². The zero-order chi connectivity index (χ0) is 23.1. The summed E-state index contributed by atoms with van der Waals surface area (Å²) in [6.45, 7) is 3.99. The molecule has 0 spiro atoms. The van der Waals surface area contributed by atoms with Crippen LogP contribution in [0.15, 0.2) is 59.4 Å². The molecular weight excluding hydrogens is 410 g/mol. The van der Waals surface area contributed by atoms with Crippen molar-refractivity contribution in [2.24, 2.45) is 5.92 Å². The van der Waals surface area contributed by atoms with Gasteiger partial charge >= 0.3 is 0 Å². The van der Waals surface area contributed by atoms with E-state index in [1.54, 1.807) is 12.1 Å². The van der Waals surface area contributed by atoms with Crippen LogP contribution in [0.4, 0.5) is 0 Å². The SMILES string of the molecule is CNC(=O)C(NC(=O)c1ccc(-c2cccc(CNC(=O)c3cnccn3)c2)o1)C(C)C. The third-order valence-corrected chi connectivity index (χ3v) is 4.77. The summed E-state index contributed by atoms with van der Waals surface area (Å²) in [6.07, 6.45) is 4.35. The molecule has 166 valence electrons. The standard InChI is InChI=1S/C23H25N5O4/c1-14(2)20(23(31)24-3)28-22(30)19-8-7-18(32-19)16-6-4-5-15(11-16)12-27-21(29)17-13-25-9-10-26-17/h4-11,13-14,20H,12H2,1-3H3,(H,24,31)(H,27,29)(H,28,30). The highest BCUT2D eigenvalue weighted by atomic mass is 16.4. The van der Waals surface area contributed by atoms with Crippen LogP contribution in [0.5, 0.6) is 0 Å². The normalized spacial score (nSPS) is 11.6. The van der Waals surface area contributed by atoms with Gasteiger partial charge in [0.2, 0.25) is 5.91 Å². The second-order valence-electron chi connectivity index (χ2n) is 7.45. The number of carbonyl (C=O) groups is 3. The van der Waals surface area contributed by atoms with Gasteiger partial charge in [-0.15, -0.1) is 0 Å². The molecule has 32 heavy (non-hydrogen) atoms. The van der Waals surface area contributed by atoms with Gasteiger partial charge in [0.25, 0.3) is 11.8 Å². The van der Waals surface area contributed by atoms with Crippen molar-refractivity contribution in [1.82, 2.24) is 25.9 Å². The largest absolute Gasteiger partial charge is 0.451 e. The van der Waals surface area contributed by atoms with Gasteiger partial charge in [-0.2, -0.15) is 0 Å². The molecule has 3 N–H and O–H groups in total. The Morgan fingerprint density at radius 1 is 1.06 bits per heavy atom. The number of hydrogen-bond acceptors (Lipinski definition) is 6. The molecule has 2 heterocycles. The zero-order valence-corrected chi connectivity index (χ0v) is 18.1. The molecule has 3 rings (SSSR count). The van der Waals surface area contributed by atoms with E-state index < -0.39 is 11.9 Å². The second kappa shape index (κ2) is 10.3. The van der Waals surface area contributed by atoms with Gasteiger partial charge in [0.15, 0.2) is 5.76 Å². The first-order valence-electron chi connectivity index (χ1n) is 10.1. The van der Waals surface area contributed by atoms with Gasteiger partial charge in [-0.25, -0.2) is 4.98 Å². The van der Waals surface area contributed by atoms with E-state index in [0.29, 0.717) is 12.3 Å². The van der Waals surface area contributed by atoms with Crippen LogP contribution in [-0.2, 0) is 11.3 Å². The minimum atomic E-state index is -0.665. The van der Waals surface area contributed by atoms with Crippen LogP contribution in [0.3, 0.4) is 0 Å². The van der Waals surface area contributed by atoms with Crippen LogP contribution in [0.1, 0.15) is 40.5 Å². The predicted molar refractivity (Wildman–Crippen MR) is 118 cm³/mol. The minimum Gasteiger partial charge on any atom is -0.451 e. The topological polar surface area (TPSA) is 126 Å². The highest BCUT2D eigenvalue weighted by Crippen LogP contribution is 2.23. The lowest BCUT2D eigenvalue weighted by molar-refractivity contribution is -0.123. The number of nitrogens with zero attached hydrogens (tertiary/aromatic N) is 2. The van der Waals surface area contributed by atoms with Crippen molar-refractivity contribution in [3.63, 3.8) is 0 Å². The van der Waals surface area contributed by atoms with Crippen molar-refractivity contribution >= 4 is 17.7 Å². The number of hydrogen-bond donors (Lipinski definition) is 3. The molecule has 0 saturated heterocycles. The number of benzene rings is 1. The van der Waals surface area contributed by atoms with Crippen LogP contribution >= 0.6 is 0 Å². The number of likely N-dealkylation sites (N-methyl/N-ethyl adjacent to an activating group) is 1. The molecule has 0 fully saturated rings. The monoisotopic (exact) mass is 435 g/mol. The molecule has 0 bridgehead atoms. The van der Waals surface area contributed by atoms with Gasteiger partial charge in [0.1, 0.15) is 17.5 Å². The van der Waals surface area contributed by atoms with Crippen molar-refractivity contribution in [3.8, 4) is 11.3 Å². The van der Waals surface area contributed by atoms with E-state index in [9.17, 15) is 14.4 Å². The molecule has 1 aromatic carbocycles. The molecule has 0 aliphatic heterocycles. The fraction of sp³-hybridized carbons (Fsp3) is 0.261. The number of rotatable bonds is 8. The van der Waals surface area contributed by atoms with Gasteiger partial charge in [0.05, 0.1) is 6.20 Å². The summed E-state index contributed by atoms with van der Waals surface area (Å²) in [5.41, 5.74) is 1.84. The first kappa shape index (κ1) is 22.7. The Morgan fingerprint density at radius 2 is 1.88 bits per heavy atom. The van der Waals surface area contributed by atoms with Crippen molar-refractivity contribution in [2.45, 2.75) is 26.4 Å². The number of furan rings is 1. The molecule has 2 aromatic heterocycles. The van der Waals surface area contributed by atoms with E-state index in [-0.39, 0.29) is 29.2 Å². The Bertz CT molecular complexity index is 1090. The van der Waals surface area contributed by atoms with E-state index in [0.717, 1.165) is 11.1 Å². The number of carbonyl (C=O) groups excluding carboxylic acids is 3. The van der Waals surface area contributed by atoms with Crippen molar-refractivity contribution in [1.29, 1.82) is 0 Å². The summed E-state index contributed by atoms with van der Waals surface area (Å²) in [4.78, 5) is 44.6. The molecule has 3 amide bonds. The summed E-state index contributed by atoms with van der Waals surface area (Å²) >= 11 is 0. The Kier molecular flexibility index (Phi) is 7.33. The summed E-state index contributed by atoms with van der Waals surface area (Å²) in [7, 11) is 1.53. The maximum atomic E-state index is 12.6. The molecule has 9 heteroatoms. The highest BCUT2D eigenvalue weighted by molar-refractivity contribution is 5.96. The first-order valence-corrected chi connectivity index (χ1v) is 10.1. The lowest BCUT2D eigenvalue weighted by Gasteiger charge is -2.19. The highest BCUT2D eigenvalue weighted by Gasteiger charge is 2.25. The molecule has 0 aliphatic carbocycles. The van der Waals surface area contributed by atoms with Crippen molar-refractivity contribution in [3.05, 3.63) is 72.0 Å². The maximum Gasteiger partial charge on any atom is 0.287 e. The predicted octanol–water partition coefficient (Wildman–Crippen LogP) is 2.17. The zero-order valence-electron chi connectivity index (χ0n) is 18.1. The van der Waals surface area contributed by atoms with Gasteiger partial charge in [-0.1, -0.05) is 32.0 Å².